The van der Waals surface area contributed by atoms with E-state index >= 15 is 0 Å². The molecule has 2 saturated carbocycles. The lowest BCUT2D eigenvalue weighted by Crippen LogP contribution is -2.61. The fourth-order valence-corrected chi connectivity index (χ4v) is 7.01. The van der Waals surface area contributed by atoms with E-state index in [0.29, 0.717) is 12.8 Å². The number of aliphatic hydroxyl groups is 6. The minimum atomic E-state index is -1.54. The molecule has 0 aromatic carbocycles. The fourth-order valence-electron chi connectivity index (χ4n) is 7.01. The van der Waals surface area contributed by atoms with E-state index in [4.69, 9.17) is 14.2 Å². The predicted molar refractivity (Wildman–Crippen MR) is 126 cm³/mol. The molecule has 10 heteroatoms. The summed E-state index contributed by atoms with van der Waals surface area (Å²) >= 11 is 0. The lowest BCUT2D eigenvalue weighted by atomic mass is 9.46. The Kier molecular flexibility index (Phi) is 8.00. The number of hydrogen-bond acceptors (Lipinski definition) is 10. The number of rotatable bonds is 6. The molecule has 6 N–H and O–H groups in total. The Hall–Kier alpha value is -1.37. The van der Waals surface area contributed by atoms with Crippen molar-refractivity contribution in [2.75, 3.05) is 19.8 Å². The predicted octanol–water partition coefficient (Wildman–Crippen LogP) is -0.213. The molecule has 4 aliphatic rings. The van der Waals surface area contributed by atoms with Crippen molar-refractivity contribution < 1.29 is 49.6 Å². The van der Waals surface area contributed by atoms with E-state index in [1.54, 1.807) is 6.08 Å². The summed E-state index contributed by atoms with van der Waals surface area (Å²) in [7, 11) is 0. The number of carbonyl (C=O) groups excluding carboxylic acids is 1. The van der Waals surface area contributed by atoms with Crippen LogP contribution in [0.3, 0.4) is 0 Å². The maximum absolute atomic E-state index is 12.0. The third kappa shape index (κ3) is 4.67. The average molecular weight is 513 g/mol. The second-order valence-corrected chi connectivity index (χ2v) is 11.4. The van der Waals surface area contributed by atoms with Crippen LogP contribution in [0.2, 0.25) is 0 Å². The fraction of sp³-hybridized carbons (Fsp3) is 0.808. The Labute approximate surface area is 211 Å². The van der Waals surface area contributed by atoms with Gasteiger partial charge in [0.2, 0.25) is 0 Å². The van der Waals surface area contributed by atoms with Crippen molar-refractivity contribution in [1.29, 1.82) is 0 Å². The number of hydrogen-bond donors (Lipinski definition) is 6. The molecule has 0 aromatic heterocycles. The molecule has 36 heavy (non-hydrogen) atoms. The first kappa shape index (κ1) is 27.7. The molecule has 2 aliphatic carbocycles. The van der Waals surface area contributed by atoms with Crippen LogP contribution in [0, 0.1) is 22.7 Å². The van der Waals surface area contributed by atoms with Crippen molar-refractivity contribution in [2.24, 2.45) is 22.7 Å². The SMILES string of the molecule is C=C1CC[C@@H]2[C@](C)(CO[C@@H]3O[C@H](CO)[C@@H](O)[C@H](O)[C@H]3O)[C@H](O)CC[C@@]2(C)[C@H]1C/C=C1/C(=O)OC[C@H]1O. The molecular weight excluding hydrogens is 472 g/mol. The summed E-state index contributed by atoms with van der Waals surface area (Å²) in [6.45, 7) is 7.89. The van der Waals surface area contributed by atoms with Crippen LogP contribution in [-0.4, -0.2) is 99.3 Å². The van der Waals surface area contributed by atoms with Crippen molar-refractivity contribution >= 4 is 5.97 Å². The van der Waals surface area contributed by atoms with Gasteiger partial charge in [-0.3, -0.25) is 0 Å². The Morgan fingerprint density at radius 1 is 1.11 bits per heavy atom. The van der Waals surface area contributed by atoms with E-state index < -0.39 is 60.9 Å². The highest BCUT2D eigenvalue weighted by atomic mass is 16.7. The average Bonchev–Trinajstić information content (AvgIpc) is 3.16. The summed E-state index contributed by atoms with van der Waals surface area (Å²) in [6, 6.07) is 0. The summed E-state index contributed by atoms with van der Waals surface area (Å²) in [5.74, 6) is -0.473. The van der Waals surface area contributed by atoms with Crippen molar-refractivity contribution in [3.05, 3.63) is 23.8 Å². The molecule has 0 unspecified atom stereocenters. The molecule has 4 rings (SSSR count). The number of allylic oxidation sites excluding steroid dienone is 2. The van der Waals surface area contributed by atoms with Gasteiger partial charge in [0.25, 0.3) is 0 Å². The van der Waals surface area contributed by atoms with Crippen molar-refractivity contribution in [1.82, 2.24) is 0 Å². The molecule has 0 amide bonds. The number of esters is 1. The van der Waals surface area contributed by atoms with E-state index in [1.807, 2.05) is 6.92 Å². The summed E-state index contributed by atoms with van der Waals surface area (Å²) in [6.07, 6.45) is -3.42. The van der Waals surface area contributed by atoms with Gasteiger partial charge in [0.15, 0.2) is 6.29 Å². The second-order valence-electron chi connectivity index (χ2n) is 11.4. The Bertz CT molecular complexity index is 873. The molecule has 2 heterocycles. The topological polar surface area (TPSA) is 166 Å². The number of carbonyl (C=O) groups is 1. The zero-order chi connectivity index (χ0) is 26.4. The van der Waals surface area contributed by atoms with Crippen LogP contribution in [0.15, 0.2) is 23.8 Å². The van der Waals surface area contributed by atoms with Crippen LogP contribution in [0.5, 0.6) is 0 Å². The van der Waals surface area contributed by atoms with Crippen LogP contribution < -0.4 is 0 Å². The third-order valence-corrected chi connectivity index (χ3v) is 9.30. The smallest absolute Gasteiger partial charge is 0.336 e. The maximum Gasteiger partial charge on any atom is 0.336 e. The first-order valence-corrected chi connectivity index (χ1v) is 12.8. The van der Waals surface area contributed by atoms with Gasteiger partial charge in [-0.05, 0) is 49.4 Å². The first-order valence-electron chi connectivity index (χ1n) is 12.8. The number of aliphatic hydroxyl groups excluding tert-OH is 6. The highest BCUT2D eigenvalue weighted by Gasteiger charge is 2.58. The molecule has 4 fully saturated rings. The van der Waals surface area contributed by atoms with E-state index in [0.717, 1.165) is 24.8 Å². The van der Waals surface area contributed by atoms with Gasteiger partial charge in [-0.1, -0.05) is 32.1 Å². The number of fused-ring (bicyclic) bond motifs is 1. The lowest BCUT2D eigenvalue weighted by Gasteiger charge is -2.60. The lowest BCUT2D eigenvalue weighted by molar-refractivity contribution is -0.313. The molecule has 11 atom stereocenters. The monoisotopic (exact) mass is 512 g/mol. The molecule has 10 nitrogen and oxygen atoms in total. The Balaban J connectivity index is 1.54. The largest absolute Gasteiger partial charge is 0.459 e. The molecule has 0 aromatic rings. The van der Waals surface area contributed by atoms with E-state index in [-0.39, 0.29) is 36.0 Å². The van der Waals surface area contributed by atoms with E-state index in [9.17, 15) is 35.4 Å². The van der Waals surface area contributed by atoms with Crippen LogP contribution in [-0.2, 0) is 19.0 Å². The highest BCUT2D eigenvalue weighted by Crippen LogP contribution is 2.62. The minimum absolute atomic E-state index is 0.00740. The van der Waals surface area contributed by atoms with Crippen LogP contribution >= 0.6 is 0 Å². The van der Waals surface area contributed by atoms with Gasteiger partial charge in [0, 0.05) is 5.41 Å². The van der Waals surface area contributed by atoms with Crippen LogP contribution in [0.4, 0.5) is 0 Å². The van der Waals surface area contributed by atoms with Crippen molar-refractivity contribution in [3.8, 4) is 0 Å². The van der Waals surface area contributed by atoms with Gasteiger partial charge in [-0.2, -0.15) is 0 Å². The van der Waals surface area contributed by atoms with Gasteiger partial charge >= 0.3 is 5.97 Å². The zero-order valence-electron chi connectivity index (χ0n) is 21.0. The summed E-state index contributed by atoms with van der Waals surface area (Å²) in [4.78, 5) is 12.0. The Morgan fingerprint density at radius 3 is 2.47 bits per heavy atom. The van der Waals surface area contributed by atoms with Crippen LogP contribution in [0.1, 0.15) is 46.0 Å². The minimum Gasteiger partial charge on any atom is -0.459 e. The Morgan fingerprint density at radius 2 is 1.83 bits per heavy atom. The van der Waals surface area contributed by atoms with E-state index in [2.05, 4.69) is 13.5 Å². The maximum atomic E-state index is 12.0. The number of ether oxygens (including phenoxy) is 3. The van der Waals surface area contributed by atoms with Crippen molar-refractivity contribution in [3.63, 3.8) is 0 Å². The summed E-state index contributed by atoms with van der Waals surface area (Å²) in [5.41, 5.74) is 0.356. The molecule has 2 aliphatic heterocycles. The zero-order valence-corrected chi connectivity index (χ0v) is 21.0. The van der Waals surface area contributed by atoms with Crippen molar-refractivity contribution in [2.45, 2.75) is 88.9 Å². The second kappa shape index (κ2) is 10.4. The normalized spacial score (nSPS) is 48.7. The van der Waals surface area contributed by atoms with E-state index in [1.165, 1.54) is 0 Å². The highest BCUT2D eigenvalue weighted by molar-refractivity contribution is 5.91. The molecular formula is C26H40O10. The molecule has 2 saturated heterocycles. The summed E-state index contributed by atoms with van der Waals surface area (Å²) in [5, 5.41) is 61.3. The van der Waals surface area contributed by atoms with Gasteiger partial charge in [0.1, 0.15) is 37.1 Å². The van der Waals surface area contributed by atoms with Gasteiger partial charge < -0.3 is 44.8 Å². The van der Waals surface area contributed by atoms with Gasteiger partial charge in [-0.25, -0.2) is 4.79 Å². The molecule has 0 radical (unpaired) electrons. The quantitative estimate of drug-likeness (QED) is 0.159. The molecule has 0 bridgehead atoms. The van der Waals surface area contributed by atoms with Gasteiger partial charge in [-0.15, -0.1) is 0 Å². The standard InChI is InChI=1S/C26H40O10/c1-13-4-7-18-25(2,15(13)6-5-14-16(28)11-34-23(14)33)9-8-19(29)26(18,3)12-35-24-22(32)21(31)20(30)17(10-27)36-24/h5,15-22,24,27-32H,1,4,6-12H2,2-3H3/b14-5+/t15-,16+,17+,18-,19+,20+,21-,22+,24+,25-,26-/m0/s1. The van der Waals surface area contributed by atoms with Gasteiger partial charge in [0.05, 0.1) is 24.9 Å². The molecule has 0 spiro atoms. The first-order chi connectivity index (χ1) is 16.9. The molecule has 204 valence electrons. The third-order valence-electron chi connectivity index (χ3n) is 9.30. The van der Waals surface area contributed by atoms with Crippen LogP contribution in [0.25, 0.3) is 0 Å². The summed E-state index contributed by atoms with van der Waals surface area (Å²) < 4.78 is 16.4. The number of cyclic esters (lactones) is 1.